The zero-order valence-corrected chi connectivity index (χ0v) is 15.2. The van der Waals surface area contributed by atoms with Crippen LogP contribution in [-0.2, 0) is 23.9 Å². The van der Waals surface area contributed by atoms with Crippen molar-refractivity contribution >= 4 is 28.6 Å². The Balaban J connectivity index is 2.17. The van der Waals surface area contributed by atoms with Crippen molar-refractivity contribution in [2.45, 2.75) is 32.7 Å². The first-order chi connectivity index (χ1) is 12.5. The van der Waals surface area contributed by atoms with E-state index < -0.39 is 29.8 Å². The maximum atomic E-state index is 12.6. The predicted octanol–water partition coefficient (Wildman–Crippen LogP) is 2.55. The van der Waals surface area contributed by atoms with Crippen LogP contribution in [0.15, 0.2) is 42.5 Å². The van der Waals surface area contributed by atoms with Crippen LogP contribution in [0.3, 0.4) is 0 Å². The van der Waals surface area contributed by atoms with Crippen molar-refractivity contribution in [2.24, 2.45) is 0 Å². The largest absolute Gasteiger partial charge is 0.464 e. The van der Waals surface area contributed by atoms with Gasteiger partial charge in [-0.2, -0.15) is 0 Å². The lowest BCUT2D eigenvalue weighted by Gasteiger charge is -2.19. The van der Waals surface area contributed by atoms with E-state index in [1.165, 1.54) is 0 Å². The van der Waals surface area contributed by atoms with Gasteiger partial charge in [0.25, 0.3) is 0 Å². The fourth-order valence-corrected chi connectivity index (χ4v) is 2.56. The summed E-state index contributed by atoms with van der Waals surface area (Å²) < 4.78 is 9.72. The third kappa shape index (κ3) is 4.59. The molecule has 1 atom stereocenters. The van der Waals surface area contributed by atoms with E-state index in [2.05, 4.69) is 5.32 Å². The molecule has 6 nitrogen and oxygen atoms in total. The molecule has 0 aromatic heterocycles. The lowest BCUT2D eigenvalue weighted by Crippen LogP contribution is -2.49. The highest BCUT2D eigenvalue weighted by Gasteiger charge is 2.32. The summed E-state index contributed by atoms with van der Waals surface area (Å²) >= 11 is 0. The van der Waals surface area contributed by atoms with Crippen molar-refractivity contribution in [2.75, 3.05) is 13.2 Å². The van der Waals surface area contributed by atoms with Crippen LogP contribution >= 0.6 is 0 Å². The smallest absolute Gasteiger partial charge is 0.340 e. The maximum absolute atomic E-state index is 12.6. The molecule has 0 aliphatic rings. The van der Waals surface area contributed by atoms with E-state index in [1.54, 1.807) is 20.8 Å². The van der Waals surface area contributed by atoms with Crippen LogP contribution in [-0.4, -0.2) is 37.1 Å². The Kier molecular flexibility index (Phi) is 6.72. The van der Waals surface area contributed by atoms with Gasteiger partial charge in [0.15, 0.2) is 0 Å². The average Bonchev–Trinajstić information content (AvgIpc) is 2.65. The lowest BCUT2D eigenvalue weighted by molar-refractivity contribution is -0.159. The summed E-state index contributed by atoms with van der Waals surface area (Å²) in [5, 5.41) is 4.52. The molecule has 0 aliphatic carbocycles. The topological polar surface area (TPSA) is 81.7 Å². The molecule has 0 saturated heterocycles. The third-order valence-electron chi connectivity index (χ3n) is 4.00. The Hall–Kier alpha value is -2.89. The third-order valence-corrected chi connectivity index (χ3v) is 4.00. The SMILES string of the molecule is CCOC(=O)C(NC(=O)C(C)c1ccc2ccccc2c1)C(=O)OCC. The van der Waals surface area contributed by atoms with Crippen LogP contribution in [0.4, 0.5) is 0 Å². The summed E-state index contributed by atoms with van der Waals surface area (Å²) in [6.07, 6.45) is 0. The van der Waals surface area contributed by atoms with Gasteiger partial charge in [-0.15, -0.1) is 0 Å². The molecule has 138 valence electrons. The molecule has 1 unspecified atom stereocenters. The van der Waals surface area contributed by atoms with E-state index in [4.69, 9.17) is 9.47 Å². The number of fused-ring (bicyclic) bond motifs is 1. The maximum Gasteiger partial charge on any atom is 0.340 e. The molecule has 2 aromatic rings. The van der Waals surface area contributed by atoms with Crippen LogP contribution < -0.4 is 5.32 Å². The van der Waals surface area contributed by atoms with Gasteiger partial charge in [-0.05, 0) is 37.1 Å². The van der Waals surface area contributed by atoms with Crippen molar-refractivity contribution in [3.8, 4) is 0 Å². The number of benzene rings is 2. The molecule has 0 aliphatic heterocycles. The second kappa shape index (κ2) is 8.99. The highest BCUT2D eigenvalue weighted by atomic mass is 16.6. The fourth-order valence-electron chi connectivity index (χ4n) is 2.56. The van der Waals surface area contributed by atoms with Crippen molar-refractivity contribution < 1.29 is 23.9 Å². The summed E-state index contributed by atoms with van der Waals surface area (Å²) in [5.41, 5.74) is 0.785. The monoisotopic (exact) mass is 357 g/mol. The van der Waals surface area contributed by atoms with E-state index in [9.17, 15) is 14.4 Å². The molecule has 0 heterocycles. The normalized spacial score (nSPS) is 11.8. The number of carbonyl (C=O) groups is 3. The second-order valence-corrected chi connectivity index (χ2v) is 5.77. The van der Waals surface area contributed by atoms with Crippen LogP contribution in [0.5, 0.6) is 0 Å². The first-order valence-electron chi connectivity index (χ1n) is 8.60. The Bertz CT molecular complexity index is 784. The molecule has 0 fully saturated rings. The van der Waals surface area contributed by atoms with Gasteiger partial charge >= 0.3 is 11.9 Å². The van der Waals surface area contributed by atoms with Gasteiger partial charge in [0.1, 0.15) is 0 Å². The zero-order valence-electron chi connectivity index (χ0n) is 15.2. The van der Waals surface area contributed by atoms with Gasteiger partial charge in [0.2, 0.25) is 11.9 Å². The molecule has 0 radical (unpaired) electrons. The Labute approximate surface area is 152 Å². The summed E-state index contributed by atoms with van der Waals surface area (Å²) in [6, 6.07) is 12.1. The Morgan fingerprint density at radius 1 is 0.923 bits per heavy atom. The zero-order chi connectivity index (χ0) is 19.1. The number of rotatable bonds is 7. The Morgan fingerprint density at radius 3 is 2.08 bits per heavy atom. The van der Waals surface area contributed by atoms with Crippen molar-refractivity contribution in [3.63, 3.8) is 0 Å². The quantitative estimate of drug-likeness (QED) is 0.608. The van der Waals surface area contributed by atoms with Gasteiger partial charge in [-0.3, -0.25) is 4.79 Å². The minimum Gasteiger partial charge on any atom is -0.464 e. The summed E-state index contributed by atoms with van der Waals surface area (Å²) in [5.74, 6) is -2.66. The molecule has 1 N–H and O–H groups in total. The van der Waals surface area contributed by atoms with E-state index >= 15 is 0 Å². The van der Waals surface area contributed by atoms with E-state index in [0.717, 1.165) is 16.3 Å². The summed E-state index contributed by atoms with van der Waals surface area (Å²) in [6.45, 7) is 5.17. The van der Waals surface area contributed by atoms with Crippen LogP contribution in [0, 0.1) is 0 Å². The first-order valence-corrected chi connectivity index (χ1v) is 8.60. The predicted molar refractivity (Wildman–Crippen MR) is 97.6 cm³/mol. The standard InChI is InChI=1S/C20H23NO5/c1-4-25-19(23)17(20(24)26-5-2)21-18(22)13(3)15-11-10-14-8-6-7-9-16(14)12-15/h6-13,17H,4-5H2,1-3H3,(H,21,22). The number of esters is 2. The Morgan fingerprint density at radius 2 is 1.50 bits per heavy atom. The minimum atomic E-state index is -1.47. The number of hydrogen-bond donors (Lipinski definition) is 1. The molecular formula is C20H23NO5. The van der Waals surface area contributed by atoms with Crippen molar-refractivity contribution in [1.29, 1.82) is 0 Å². The molecule has 1 amide bonds. The highest BCUT2D eigenvalue weighted by Crippen LogP contribution is 2.22. The van der Waals surface area contributed by atoms with Gasteiger partial charge in [0, 0.05) is 0 Å². The van der Waals surface area contributed by atoms with Crippen molar-refractivity contribution in [3.05, 3.63) is 48.0 Å². The molecule has 26 heavy (non-hydrogen) atoms. The molecule has 2 aromatic carbocycles. The molecule has 0 bridgehead atoms. The average molecular weight is 357 g/mol. The number of amides is 1. The second-order valence-electron chi connectivity index (χ2n) is 5.77. The fraction of sp³-hybridized carbons (Fsp3) is 0.350. The number of hydrogen-bond acceptors (Lipinski definition) is 5. The number of nitrogens with one attached hydrogen (secondary N) is 1. The lowest BCUT2D eigenvalue weighted by atomic mass is 9.97. The highest BCUT2D eigenvalue weighted by molar-refractivity contribution is 6.03. The number of ether oxygens (including phenoxy) is 2. The van der Waals surface area contributed by atoms with Crippen LogP contribution in [0.1, 0.15) is 32.3 Å². The number of carbonyl (C=O) groups excluding carboxylic acids is 3. The molecular weight excluding hydrogens is 334 g/mol. The van der Waals surface area contributed by atoms with Crippen molar-refractivity contribution in [1.82, 2.24) is 5.32 Å². The molecule has 2 rings (SSSR count). The van der Waals surface area contributed by atoms with E-state index in [0.29, 0.717) is 0 Å². The van der Waals surface area contributed by atoms with Gasteiger partial charge in [-0.25, -0.2) is 9.59 Å². The summed E-state index contributed by atoms with van der Waals surface area (Å²) in [7, 11) is 0. The van der Waals surface area contributed by atoms with E-state index in [1.807, 2.05) is 42.5 Å². The van der Waals surface area contributed by atoms with Crippen LogP contribution in [0.2, 0.25) is 0 Å². The van der Waals surface area contributed by atoms with E-state index in [-0.39, 0.29) is 13.2 Å². The van der Waals surface area contributed by atoms with Gasteiger partial charge in [-0.1, -0.05) is 42.5 Å². The molecule has 6 heteroatoms. The first kappa shape index (κ1) is 19.4. The molecule has 0 spiro atoms. The minimum absolute atomic E-state index is 0.102. The molecule has 0 saturated carbocycles. The van der Waals surface area contributed by atoms with Gasteiger partial charge < -0.3 is 14.8 Å². The van der Waals surface area contributed by atoms with Crippen LogP contribution in [0.25, 0.3) is 10.8 Å². The van der Waals surface area contributed by atoms with Gasteiger partial charge in [0.05, 0.1) is 19.1 Å². The summed E-state index contributed by atoms with van der Waals surface area (Å²) in [4.78, 5) is 36.6.